The summed E-state index contributed by atoms with van der Waals surface area (Å²) in [7, 11) is -3.29. The van der Waals surface area contributed by atoms with Crippen LogP contribution in [0.4, 0.5) is 0 Å². The van der Waals surface area contributed by atoms with Crippen LogP contribution >= 0.6 is 0 Å². The van der Waals surface area contributed by atoms with E-state index in [0.29, 0.717) is 6.54 Å². The lowest BCUT2D eigenvalue weighted by molar-refractivity contribution is -0.121. The summed E-state index contributed by atoms with van der Waals surface area (Å²) in [5, 5.41) is 2.86. The standard InChI is InChI=1S/C18H28N2O3S/c1-24(22,23)20(17-11-7-2-3-8-12-17)14-13-18(21)19-15-16-9-5-4-6-10-16/h4-6,9-10,17H,2-3,7-8,11-15H2,1H3,(H,19,21). The number of sulfonamides is 1. The number of rotatable bonds is 7. The molecule has 1 fully saturated rings. The van der Waals surface area contributed by atoms with E-state index in [9.17, 15) is 13.2 Å². The van der Waals surface area contributed by atoms with Gasteiger partial charge >= 0.3 is 0 Å². The number of nitrogens with zero attached hydrogens (tertiary/aromatic N) is 1. The third-order valence-corrected chi connectivity index (χ3v) is 5.88. The fraction of sp³-hybridized carbons (Fsp3) is 0.611. The van der Waals surface area contributed by atoms with E-state index < -0.39 is 10.0 Å². The Morgan fingerprint density at radius 2 is 1.75 bits per heavy atom. The van der Waals surface area contributed by atoms with Crippen LogP contribution in [-0.4, -0.2) is 37.5 Å². The molecule has 0 aromatic heterocycles. The predicted octanol–water partition coefficient (Wildman–Crippen LogP) is 2.68. The average molecular weight is 353 g/mol. The van der Waals surface area contributed by atoms with Crippen LogP contribution in [0.1, 0.15) is 50.5 Å². The van der Waals surface area contributed by atoms with E-state index >= 15 is 0 Å². The molecule has 0 atom stereocenters. The molecule has 0 aliphatic heterocycles. The monoisotopic (exact) mass is 352 g/mol. The van der Waals surface area contributed by atoms with E-state index in [4.69, 9.17) is 0 Å². The van der Waals surface area contributed by atoms with Gasteiger partial charge in [0.25, 0.3) is 0 Å². The van der Waals surface area contributed by atoms with Crippen molar-refractivity contribution in [3.05, 3.63) is 35.9 Å². The number of carbonyl (C=O) groups excluding carboxylic acids is 1. The lowest BCUT2D eigenvalue weighted by Crippen LogP contribution is -2.41. The van der Waals surface area contributed by atoms with Gasteiger partial charge in [-0.05, 0) is 18.4 Å². The van der Waals surface area contributed by atoms with E-state index in [0.717, 1.165) is 31.2 Å². The molecule has 1 amide bonds. The Hall–Kier alpha value is -1.40. The van der Waals surface area contributed by atoms with Gasteiger partial charge in [0, 0.05) is 25.6 Å². The number of hydrogen-bond acceptors (Lipinski definition) is 3. The molecule has 0 spiro atoms. The zero-order valence-electron chi connectivity index (χ0n) is 14.4. The normalized spacial score (nSPS) is 16.8. The van der Waals surface area contributed by atoms with Crippen LogP contribution in [0.25, 0.3) is 0 Å². The van der Waals surface area contributed by atoms with Gasteiger partial charge in [0.2, 0.25) is 15.9 Å². The van der Waals surface area contributed by atoms with Crippen molar-refractivity contribution in [1.82, 2.24) is 9.62 Å². The smallest absolute Gasteiger partial charge is 0.221 e. The van der Waals surface area contributed by atoms with Gasteiger partial charge in [-0.15, -0.1) is 0 Å². The number of hydrogen-bond donors (Lipinski definition) is 1. The zero-order valence-corrected chi connectivity index (χ0v) is 15.2. The summed E-state index contributed by atoms with van der Waals surface area (Å²) in [6.07, 6.45) is 7.73. The van der Waals surface area contributed by atoms with Crippen LogP contribution < -0.4 is 5.32 Å². The third-order valence-electron chi connectivity index (χ3n) is 4.55. The van der Waals surface area contributed by atoms with Gasteiger partial charge in [-0.2, -0.15) is 4.31 Å². The first-order valence-corrected chi connectivity index (χ1v) is 10.6. The highest BCUT2D eigenvalue weighted by molar-refractivity contribution is 7.88. The fourth-order valence-electron chi connectivity index (χ4n) is 3.26. The fourth-order valence-corrected chi connectivity index (χ4v) is 4.44. The molecular formula is C18H28N2O3S. The molecule has 1 aromatic carbocycles. The summed E-state index contributed by atoms with van der Waals surface area (Å²) in [6, 6.07) is 9.74. The maximum Gasteiger partial charge on any atom is 0.221 e. The summed E-state index contributed by atoms with van der Waals surface area (Å²) in [5.74, 6) is -0.110. The Morgan fingerprint density at radius 1 is 1.12 bits per heavy atom. The van der Waals surface area contributed by atoms with Crippen LogP contribution in [0.2, 0.25) is 0 Å². The van der Waals surface area contributed by atoms with Crippen molar-refractivity contribution in [3.8, 4) is 0 Å². The van der Waals surface area contributed by atoms with Crippen LogP contribution in [-0.2, 0) is 21.4 Å². The summed E-state index contributed by atoms with van der Waals surface area (Å²) in [4.78, 5) is 12.1. The van der Waals surface area contributed by atoms with Crippen LogP contribution in [0, 0.1) is 0 Å². The van der Waals surface area contributed by atoms with Gasteiger partial charge in [0.05, 0.1) is 6.26 Å². The molecule has 1 aromatic rings. The van der Waals surface area contributed by atoms with Crippen molar-refractivity contribution in [2.45, 2.75) is 57.5 Å². The van der Waals surface area contributed by atoms with Crippen molar-refractivity contribution in [2.24, 2.45) is 0 Å². The summed E-state index contributed by atoms with van der Waals surface area (Å²) in [5.41, 5.74) is 1.04. The quantitative estimate of drug-likeness (QED) is 0.767. The highest BCUT2D eigenvalue weighted by atomic mass is 32.2. The Balaban J connectivity index is 1.86. The minimum Gasteiger partial charge on any atom is -0.352 e. The van der Waals surface area contributed by atoms with Crippen LogP contribution in [0.15, 0.2) is 30.3 Å². The van der Waals surface area contributed by atoms with Crippen molar-refractivity contribution in [2.75, 3.05) is 12.8 Å². The van der Waals surface area contributed by atoms with Crippen LogP contribution in [0.5, 0.6) is 0 Å². The van der Waals surface area contributed by atoms with Gasteiger partial charge in [-0.25, -0.2) is 8.42 Å². The SMILES string of the molecule is CS(=O)(=O)N(CCC(=O)NCc1ccccc1)C1CCCCCC1. The summed E-state index contributed by atoms with van der Waals surface area (Å²) in [6.45, 7) is 0.742. The molecule has 134 valence electrons. The highest BCUT2D eigenvalue weighted by Gasteiger charge is 2.27. The van der Waals surface area contributed by atoms with E-state index in [2.05, 4.69) is 5.32 Å². The molecule has 2 rings (SSSR count). The highest BCUT2D eigenvalue weighted by Crippen LogP contribution is 2.23. The molecule has 1 saturated carbocycles. The molecule has 0 bridgehead atoms. The lowest BCUT2D eigenvalue weighted by atomic mass is 10.1. The van der Waals surface area contributed by atoms with E-state index in [-0.39, 0.29) is 24.9 Å². The van der Waals surface area contributed by atoms with Gasteiger partial charge < -0.3 is 5.32 Å². The molecule has 1 aliphatic carbocycles. The molecule has 0 saturated heterocycles. The number of carbonyl (C=O) groups is 1. The third kappa shape index (κ3) is 6.24. The van der Waals surface area contributed by atoms with Crippen molar-refractivity contribution in [1.29, 1.82) is 0 Å². The lowest BCUT2D eigenvalue weighted by Gasteiger charge is -2.28. The minimum atomic E-state index is -3.29. The molecule has 0 unspecified atom stereocenters. The zero-order chi connectivity index (χ0) is 17.4. The molecule has 5 nitrogen and oxygen atoms in total. The second-order valence-corrected chi connectivity index (χ2v) is 8.47. The van der Waals surface area contributed by atoms with Crippen molar-refractivity contribution < 1.29 is 13.2 Å². The molecule has 0 heterocycles. The minimum absolute atomic E-state index is 0.0458. The topological polar surface area (TPSA) is 66.5 Å². The summed E-state index contributed by atoms with van der Waals surface area (Å²) >= 11 is 0. The number of benzene rings is 1. The number of nitrogens with one attached hydrogen (secondary N) is 1. The molecule has 1 N–H and O–H groups in total. The van der Waals surface area contributed by atoms with E-state index in [1.807, 2.05) is 30.3 Å². The van der Waals surface area contributed by atoms with Crippen molar-refractivity contribution in [3.63, 3.8) is 0 Å². The molecule has 1 aliphatic rings. The molecule has 0 radical (unpaired) electrons. The van der Waals surface area contributed by atoms with Crippen LogP contribution in [0.3, 0.4) is 0 Å². The van der Waals surface area contributed by atoms with Gasteiger partial charge in [0.1, 0.15) is 0 Å². The van der Waals surface area contributed by atoms with Gasteiger partial charge in [-0.3, -0.25) is 4.79 Å². The second-order valence-electron chi connectivity index (χ2n) is 6.53. The van der Waals surface area contributed by atoms with Gasteiger partial charge in [-0.1, -0.05) is 56.0 Å². The maximum atomic E-state index is 12.1. The Kier molecular flexibility index (Phi) is 7.24. The first kappa shape index (κ1) is 18.9. The number of amides is 1. The van der Waals surface area contributed by atoms with E-state index in [1.165, 1.54) is 19.1 Å². The molecular weight excluding hydrogens is 324 g/mol. The molecule has 24 heavy (non-hydrogen) atoms. The van der Waals surface area contributed by atoms with E-state index in [1.54, 1.807) is 4.31 Å². The van der Waals surface area contributed by atoms with Crippen molar-refractivity contribution >= 4 is 15.9 Å². The first-order valence-electron chi connectivity index (χ1n) is 8.74. The summed E-state index contributed by atoms with van der Waals surface area (Å²) < 4.78 is 25.8. The molecule has 6 heteroatoms. The Morgan fingerprint density at radius 3 is 2.33 bits per heavy atom. The predicted molar refractivity (Wildman–Crippen MR) is 95.9 cm³/mol. The Bertz CT molecular complexity index is 608. The second kappa shape index (κ2) is 9.18. The Labute approximate surface area is 145 Å². The maximum absolute atomic E-state index is 12.1. The van der Waals surface area contributed by atoms with Gasteiger partial charge in [0.15, 0.2) is 0 Å². The first-order chi connectivity index (χ1) is 11.5. The average Bonchev–Trinajstić information content (AvgIpc) is 2.82. The largest absolute Gasteiger partial charge is 0.352 e.